The van der Waals surface area contributed by atoms with Crippen LogP contribution in [0.2, 0.25) is 5.02 Å². The van der Waals surface area contributed by atoms with E-state index in [9.17, 15) is 9.18 Å². The van der Waals surface area contributed by atoms with Gasteiger partial charge in [0.05, 0.1) is 12.2 Å². The number of anilines is 1. The Bertz CT molecular complexity index is 1510. The van der Waals surface area contributed by atoms with Crippen molar-refractivity contribution in [2.24, 2.45) is 0 Å². The fourth-order valence-corrected chi connectivity index (χ4v) is 5.17. The number of nitrogens with zero attached hydrogens (tertiary/aromatic N) is 3. The number of esters is 1. The highest BCUT2D eigenvalue weighted by Crippen LogP contribution is 2.37. The minimum atomic E-state index is -0.569. The molecule has 0 bridgehead atoms. The van der Waals surface area contributed by atoms with Crippen LogP contribution in [0.5, 0.6) is 5.75 Å². The zero-order valence-electron chi connectivity index (χ0n) is 21.4. The number of thioether (sulfide) groups is 1. The molecule has 200 valence electrons. The molecular formula is C29H26ClFN4O3S. The van der Waals surface area contributed by atoms with E-state index in [4.69, 9.17) is 21.1 Å². The maximum atomic E-state index is 14.1. The third-order valence-electron chi connectivity index (χ3n) is 6.16. The van der Waals surface area contributed by atoms with Gasteiger partial charge in [-0.3, -0.25) is 0 Å². The molecule has 39 heavy (non-hydrogen) atoms. The number of fused-ring (bicyclic) bond motifs is 1. The van der Waals surface area contributed by atoms with E-state index >= 15 is 0 Å². The van der Waals surface area contributed by atoms with Crippen LogP contribution in [0.3, 0.4) is 0 Å². The first-order chi connectivity index (χ1) is 18.9. The number of allylic oxidation sites excluding steroid dienone is 1. The molecule has 0 fully saturated rings. The highest BCUT2D eigenvalue weighted by atomic mass is 35.5. The molecule has 0 saturated heterocycles. The average Bonchev–Trinajstić information content (AvgIpc) is 3.34. The van der Waals surface area contributed by atoms with Gasteiger partial charge in [0.1, 0.15) is 24.2 Å². The Morgan fingerprint density at radius 1 is 1.10 bits per heavy atom. The largest absolute Gasteiger partial charge is 0.489 e. The van der Waals surface area contributed by atoms with Crippen molar-refractivity contribution < 1.29 is 18.7 Å². The quantitative estimate of drug-likeness (QED) is 0.177. The standard InChI is InChI=1S/C29H26ClFN4O3S/c1-3-37-27(36)25-18(2)32-28-33-29(39-17-21-6-4-5-7-24(21)31)34-35(28)26(25)20-10-14-23(15-11-20)38-16-19-8-12-22(30)13-9-19/h4-15,26H,3,16-17H2,1-2H3,(H,32,33,34). The molecule has 1 aromatic heterocycles. The molecule has 2 heterocycles. The van der Waals surface area contributed by atoms with Crippen LogP contribution < -0.4 is 10.1 Å². The van der Waals surface area contributed by atoms with Gasteiger partial charge < -0.3 is 14.8 Å². The lowest BCUT2D eigenvalue weighted by atomic mass is 9.96. The first-order valence-electron chi connectivity index (χ1n) is 12.4. The normalized spacial score (nSPS) is 14.5. The third-order valence-corrected chi connectivity index (χ3v) is 7.30. The number of rotatable bonds is 9. The first kappa shape index (κ1) is 26.8. The summed E-state index contributed by atoms with van der Waals surface area (Å²) in [7, 11) is 0. The van der Waals surface area contributed by atoms with Gasteiger partial charge in [0.2, 0.25) is 11.1 Å². The summed E-state index contributed by atoms with van der Waals surface area (Å²) in [5, 5.41) is 9.00. The lowest BCUT2D eigenvalue weighted by Crippen LogP contribution is -2.29. The van der Waals surface area contributed by atoms with Gasteiger partial charge in [0, 0.05) is 16.5 Å². The Labute approximate surface area is 235 Å². The summed E-state index contributed by atoms with van der Waals surface area (Å²) in [5.41, 5.74) is 3.45. The average molecular weight is 565 g/mol. The molecule has 3 aromatic carbocycles. The van der Waals surface area contributed by atoms with Crippen LogP contribution in [0.1, 0.15) is 36.6 Å². The Kier molecular flexibility index (Phi) is 8.18. The zero-order valence-corrected chi connectivity index (χ0v) is 22.9. The van der Waals surface area contributed by atoms with Crippen molar-refractivity contribution in [3.8, 4) is 5.75 Å². The minimum Gasteiger partial charge on any atom is -0.489 e. The highest BCUT2D eigenvalue weighted by molar-refractivity contribution is 7.98. The molecule has 1 unspecified atom stereocenters. The fraction of sp³-hybridized carbons (Fsp3) is 0.207. The number of aromatic nitrogens is 3. The zero-order chi connectivity index (χ0) is 27.4. The predicted molar refractivity (Wildman–Crippen MR) is 149 cm³/mol. The van der Waals surface area contributed by atoms with Crippen LogP contribution in [0.25, 0.3) is 0 Å². The molecule has 0 saturated carbocycles. The van der Waals surface area contributed by atoms with E-state index in [-0.39, 0.29) is 12.4 Å². The smallest absolute Gasteiger partial charge is 0.338 e. The van der Waals surface area contributed by atoms with E-state index in [0.717, 1.165) is 11.1 Å². The van der Waals surface area contributed by atoms with E-state index in [1.54, 1.807) is 29.8 Å². The number of carbonyl (C=O) groups excluding carboxylic acids is 1. The van der Waals surface area contributed by atoms with Gasteiger partial charge in [-0.2, -0.15) is 4.98 Å². The Morgan fingerprint density at radius 3 is 2.56 bits per heavy atom. The van der Waals surface area contributed by atoms with E-state index in [0.29, 0.717) is 51.1 Å². The van der Waals surface area contributed by atoms with E-state index < -0.39 is 12.0 Å². The molecule has 1 aliphatic rings. The van der Waals surface area contributed by atoms with Crippen molar-refractivity contribution >= 4 is 35.3 Å². The Hall–Kier alpha value is -3.82. The lowest BCUT2D eigenvalue weighted by Gasteiger charge is -2.28. The number of hydrogen-bond acceptors (Lipinski definition) is 7. The number of benzene rings is 3. The Morgan fingerprint density at radius 2 is 1.85 bits per heavy atom. The van der Waals surface area contributed by atoms with Crippen molar-refractivity contribution in [2.45, 2.75) is 37.4 Å². The summed E-state index contributed by atoms with van der Waals surface area (Å²) >= 11 is 7.28. The van der Waals surface area contributed by atoms with Crippen LogP contribution in [-0.4, -0.2) is 27.3 Å². The van der Waals surface area contributed by atoms with Crippen molar-refractivity contribution in [2.75, 3.05) is 11.9 Å². The van der Waals surface area contributed by atoms with Gasteiger partial charge in [-0.25, -0.2) is 13.9 Å². The molecule has 0 aliphatic carbocycles. The monoisotopic (exact) mass is 564 g/mol. The number of nitrogens with one attached hydrogen (secondary N) is 1. The summed E-state index contributed by atoms with van der Waals surface area (Å²) in [6, 6.07) is 21.0. The molecule has 4 aromatic rings. The van der Waals surface area contributed by atoms with Gasteiger partial charge in [0.15, 0.2) is 0 Å². The van der Waals surface area contributed by atoms with Crippen LogP contribution >= 0.6 is 23.4 Å². The van der Waals surface area contributed by atoms with E-state index in [1.807, 2.05) is 55.5 Å². The SMILES string of the molecule is CCOC(=O)C1=C(C)Nc2nc(SCc3ccccc3F)nn2C1c1ccc(OCc2ccc(Cl)cc2)cc1. The number of carbonyl (C=O) groups is 1. The maximum absolute atomic E-state index is 14.1. The molecule has 7 nitrogen and oxygen atoms in total. The van der Waals surface area contributed by atoms with Gasteiger partial charge in [-0.05, 0) is 60.9 Å². The highest BCUT2D eigenvalue weighted by Gasteiger charge is 2.35. The number of ether oxygens (including phenoxy) is 2. The molecule has 10 heteroatoms. The molecule has 0 amide bonds. The maximum Gasteiger partial charge on any atom is 0.338 e. The van der Waals surface area contributed by atoms with Gasteiger partial charge in [-0.15, -0.1) is 5.10 Å². The summed E-state index contributed by atoms with van der Waals surface area (Å²) in [5.74, 6) is 0.839. The molecule has 1 N–H and O–H groups in total. The van der Waals surface area contributed by atoms with Gasteiger partial charge in [0.25, 0.3) is 0 Å². The Balaban J connectivity index is 1.41. The van der Waals surface area contributed by atoms with Crippen LogP contribution in [0.15, 0.2) is 89.2 Å². The molecule has 0 radical (unpaired) electrons. The molecule has 1 aliphatic heterocycles. The predicted octanol–water partition coefficient (Wildman–Crippen LogP) is 6.79. The second-order valence-corrected chi connectivity index (χ2v) is 10.2. The molecular weight excluding hydrogens is 539 g/mol. The van der Waals surface area contributed by atoms with Crippen LogP contribution in [0.4, 0.5) is 10.3 Å². The first-order valence-corrected chi connectivity index (χ1v) is 13.7. The van der Waals surface area contributed by atoms with E-state index in [1.165, 1.54) is 17.8 Å². The fourth-order valence-electron chi connectivity index (χ4n) is 4.23. The van der Waals surface area contributed by atoms with Crippen LogP contribution in [0, 0.1) is 5.82 Å². The minimum absolute atomic E-state index is 0.244. The topological polar surface area (TPSA) is 78.3 Å². The third kappa shape index (κ3) is 6.10. The molecule has 5 rings (SSSR count). The molecule has 1 atom stereocenters. The summed E-state index contributed by atoms with van der Waals surface area (Å²) in [6.45, 7) is 4.22. The second kappa shape index (κ2) is 11.9. The van der Waals surface area contributed by atoms with Gasteiger partial charge >= 0.3 is 5.97 Å². The van der Waals surface area contributed by atoms with Gasteiger partial charge in [-0.1, -0.05) is 65.8 Å². The lowest BCUT2D eigenvalue weighted by molar-refractivity contribution is -0.139. The number of halogens is 2. The van der Waals surface area contributed by atoms with Crippen molar-refractivity contribution in [3.63, 3.8) is 0 Å². The summed E-state index contributed by atoms with van der Waals surface area (Å²) in [6.07, 6.45) is 0. The van der Waals surface area contributed by atoms with Crippen LogP contribution in [-0.2, 0) is 21.9 Å². The summed E-state index contributed by atoms with van der Waals surface area (Å²) < 4.78 is 27.1. The van der Waals surface area contributed by atoms with Crippen molar-refractivity contribution in [1.29, 1.82) is 0 Å². The van der Waals surface area contributed by atoms with E-state index in [2.05, 4.69) is 15.4 Å². The molecule has 0 spiro atoms. The van der Waals surface area contributed by atoms with Crippen molar-refractivity contribution in [1.82, 2.24) is 14.8 Å². The summed E-state index contributed by atoms with van der Waals surface area (Å²) in [4.78, 5) is 17.7. The van der Waals surface area contributed by atoms with Crippen molar-refractivity contribution in [3.05, 3.63) is 112 Å². The number of hydrogen-bond donors (Lipinski definition) is 1. The second-order valence-electron chi connectivity index (χ2n) is 8.81.